The van der Waals surface area contributed by atoms with Crippen LogP contribution in [0.2, 0.25) is 10.0 Å². The van der Waals surface area contributed by atoms with E-state index in [9.17, 15) is 18.0 Å². The van der Waals surface area contributed by atoms with Crippen LogP contribution < -0.4 is 9.62 Å². The average Bonchev–Trinajstić information content (AvgIpc) is 2.91. The molecule has 0 spiro atoms. The standard InChI is InChI=1S/C29H32Cl2IN3O4S/c1-4-20(2)33-29(37)27(17-21-8-6-5-7-9-21)34(18-22-10-15-25(30)26(31)16-22)28(36)19-35(40(3,38)39)24-13-11-23(32)12-14-24/h5-16,20,27H,4,17-19H2,1-3H3,(H,33,37)/t20-,27-/m1/s1. The number of rotatable bonds is 12. The molecular weight excluding hydrogens is 684 g/mol. The maximum atomic E-state index is 14.1. The molecule has 214 valence electrons. The number of anilines is 1. The lowest BCUT2D eigenvalue weighted by Gasteiger charge is -2.34. The van der Waals surface area contributed by atoms with Gasteiger partial charge in [-0.1, -0.05) is 66.5 Å². The molecule has 0 unspecified atom stereocenters. The van der Waals surface area contributed by atoms with Crippen LogP contribution in [0.4, 0.5) is 5.69 Å². The molecule has 1 N–H and O–H groups in total. The van der Waals surface area contributed by atoms with E-state index in [0.29, 0.717) is 27.7 Å². The minimum absolute atomic E-state index is 0.0193. The summed E-state index contributed by atoms with van der Waals surface area (Å²) in [6.07, 6.45) is 2.00. The fraction of sp³-hybridized carbons (Fsp3) is 0.310. The second-order valence-corrected chi connectivity index (χ2v) is 13.5. The molecular formula is C29H32Cl2IN3O4S. The van der Waals surface area contributed by atoms with E-state index in [4.69, 9.17) is 23.2 Å². The first-order valence-corrected chi connectivity index (χ1v) is 16.4. The molecule has 2 atom stereocenters. The summed E-state index contributed by atoms with van der Waals surface area (Å²) < 4.78 is 27.7. The number of amides is 2. The molecule has 0 saturated carbocycles. The summed E-state index contributed by atoms with van der Waals surface area (Å²) in [5, 5.41) is 3.67. The lowest BCUT2D eigenvalue weighted by molar-refractivity contribution is -0.140. The van der Waals surface area contributed by atoms with Crippen molar-refractivity contribution >= 4 is 73.3 Å². The normalized spacial score (nSPS) is 12.8. The first-order valence-electron chi connectivity index (χ1n) is 12.7. The van der Waals surface area contributed by atoms with E-state index in [1.54, 1.807) is 42.5 Å². The van der Waals surface area contributed by atoms with Crippen LogP contribution in [0.3, 0.4) is 0 Å². The smallest absolute Gasteiger partial charge is 0.244 e. The number of nitrogens with zero attached hydrogens (tertiary/aromatic N) is 2. The van der Waals surface area contributed by atoms with Crippen molar-refractivity contribution in [2.24, 2.45) is 0 Å². The third kappa shape index (κ3) is 9.09. The summed E-state index contributed by atoms with van der Waals surface area (Å²) >= 11 is 14.5. The molecule has 11 heteroatoms. The Morgan fingerprint density at radius 2 is 1.60 bits per heavy atom. The maximum Gasteiger partial charge on any atom is 0.244 e. The minimum atomic E-state index is -3.83. The van der Waals surface area contributed by atoms with Gasteiger partial charge in [0.05, 0.1) is 22.0 Å². The molecule has 40 heavy (non-hydrogen) atoms. The highest BCUT2D eigenvalue weighted by Crippen LogP contribution is 2.25. The molecule has 0 aliphatic heterocycles. The number of hydrogen-bond donors (Lipinski definition) is 1. The van der Waals surface area contributed by atoms with Gasteiger partial charge in [-0.2, -0.15) is 0 Å². The topological polar surface area (TPSA) is 86.8 Å². The molecule has 0 saturated heterocycles. The van der Waals surface area contributed by atoms with Gasteiger partial charge in [0.25, 0.3) is 0 Å². The Kier molecular flexibility index (Phi) is 11.7. The Bertz CT molecular complexity index is 1420. The van der Waals surface area contributed by atoms with Crippen molar-refractivity contribution in [2.45, 2.75) is 45.3 Å². The lowest BCUT2D eigenvalue weighted by atomic mass is 10.0. The third-order valence-corrected chi connectivity index (χ3v) is 9.00. The Morgan fingerprint density at radius 3 is 2.17 bits per heavy atom. The highest BCUT2D eigenvalue weighted by Gasteiger charge is 2.33. The van der Waals surface area contributed by atoms with Gasteiger partial charge in [0.2, 0.25) is 21.8 Å². The quantitative estimate of drug-likeness (QED) is 0.236. The largest absolute Gasteiger partial charge is 0.352 e. The summed E-state index contributed by atoms with van der Waals surface area (Å²) in [7, 11) is -3.83. The number of sulfonamides is 1. The number of halogens is 3. The van der Waals surface area contributed by atoms with Crippen LogP contribution >= 0.6 is 45.8 Å². The van der Waals surface area contributed by atoms with Gasteiger partial charge in [0, 0.05) is 22.6 Å². The third-order valence-electron chi connectivity index (χ3n) is 6.40. The van der Waals surface area contributed by atoms with Gasteiger partial charge in [-0.15, -0.1) is 0 Å². The molecule has 3 rings (SSSR count). The first kappa shape index (κ1) is 32.2. The molecule has 0 heterocycles. The SMILES string of the molecule is CC[C@@H](C)NC(=O)[C@@H](Cc1ccccc1)N(Cc1ccc(Cl)c(Cl)c1)C(=O)CN(c1ccc(I)cc1)S(C)(=O)=O. The summed E-state index contributed by atoms with van der Waals surface area (Å²) in [5.74, 6) is -0.859. The number of carbonyl (C=O) groups excluding carboxylic acids is 2. The molecule has 0 radical (unpaired) electrons. The molecule has 2 amide bonds. The van der Waals surface area contributed by atoms with E-state index in [1.807, 2.05) is 44.2 Å². The van der Waals surface area contributed by atoms with Gasteiger partial charge in [-0.3, -0.25) is 13.9 Å². The highest BCUT2D eigenvalue weighted by atomic mass is 127. The molecule has 0 fully saturated rings. The molecule has 3 aromatic carbocycles. The first-order chi connectivity index (χ1) is 18.9. The summed E-state index contributed by atoms with van der Waals surface area (Å²) in [6.45, 7) is 3.39. The van der Waals surface area contributed by atoms with Crippen molar-refractivity contribution < 1.29 is 18.0 Å². The molecule has 7 nitrogen and oxygen atoms in total. The highest BCUT2D eigenvalue weighted by molar-refractivity contribution is 14.1. The maximum absolute atomic E-state index is 14.1. The van der Waals surface area contributed by atoms with Gasteiger partial charge in [0.1, 0.15) is 12.6 Å². The second-order valence-electron chi connectivity index (χ2n) is 9.54. The second kappa shape index (κ2) is 14.5. The predicted octanol–water partition coefficient (Wildman–Crippen LogP) is 5.92. The summed E-state index contributed by atoms with van der Waals surface area (Å²) in [4.78, 5) is 29.2. The van der Waals surface area contributed by atoms with E-state index < -0.39 is 28.5 Å². The Morgan fingerprint density at radius 1 is 0.950 bits per heavy atom. The number of benzene rings is 3. The van der Waals surface area contributed by atoms with E-state index in [1.165, 1.54) is 4.90 Å². The monoisotopic (exact) mass is 715 g/mol. The van der Waals surface area contributed by atoms with Gasteiger partial charge in [0.15, 0.2) is 0 Å². The van der Waals surface area contributed by atoms with Crippen molar-refractivity contribution in [3.05, 3.63) is 97.5 Å². The molecule has 0 aliphatic carbocycles. The molecule has 0 aromatic heterocycles. The molecule has 0 bridgehead atoms. The molecule has 0 aliphatic rings. The van der Waals surface area contributed by atoms with Crippen molar-refractivity contribution in [3.63, 3.8) is 0 Å². The van der Waals surface area contributed by atoms with Crippen LogP contribution in [0.25, 0.3) is 0 Å². The summed E-state index contributed by atoms with van der Waals surface area (Å²) in [5.41, 5.74) is 1.86. The lowest BCUT2D eigenvalue weighted by Crippen LogP contribution is -2.54. The fourth-order valence-corrected chi connectivity index (χ4v) is 5.58. The van der Waals surface area contributed by atoms with Crippen LogP contribution in [-0.4, -0.2) is 50.0 Å². The number of carbonyl (C=O) groups is 2. The van der Waals surface area contributed by atoms with Gasteiger partial charge in [-0.05, 0) is 83.5 Å². The van der Waals surface area contributed by atoms with Crippen LogP contribution in [0.1, 0.15) is 31.4 Å². The van der Waals surface area contributed by atoms with Crippen LogP contribution in [0.15, 0.2) is 72.8 Å². The minimum Gasteiger partial charge on any atom is -0.352 e. The van der Waals surface area contributed by atoms with Crippen LogP contribution in [-0.2, 0) is 32.6 Å². The predicted molar refractivity (Wildman–Crippen MR) is 170 cm³/mol. The van der Waals surface area contributed by atoms with Gasteiger partial charge >= 0.3 is 0 Å². The Labute approximate surface area is 260 Å². The van der Waals surface area contributed by atoms with Gasteiger partial charge in [-0.25, -0.2) is 8.42 Å². The average molecular weight is 716 g/mol. The van der Waals surface area contributed by atoms with Crippen molar-refractivity contribution in [3.8, 4) is 0 Å². The van der Waals surface area contributed by atoms with E-state index in [2.05, 4.69) is 27.9 Å². The van der Waals surface area contributed by atoms with Gasteiger partial charge < -0.3 is 10.2 Å². The van der Waals surface area contributed by atoms with E-state index in [0.717, 1.165) is 19.7 Å². The fourth-order valence-electron chi connectivity index (χ4n) is 4.05. The number of hydrogen-bond acceptors (Lipinski definition) is 4. The van der Waals surface area contributed by atoms with Crippen LogP contribution in [0.5, 0.6) is 0 Å². The van der Waals surface area contributed by atoms with Crippen molar-refractivity contribution in [1.29, 1.82) is 0 Å². The number of nitrogens with one attached hydrogen (secondary N) is 1. The van der Waals surface area contributed by atoms with Crippen molar-refractivity contribution in [2.75, 3.05) is 17.1 Å². The van der Waals surface area contributed by atoms with E-state index >= 15 is 0 Å². The van der Waals surface area contributed by atoms with Crippen molar-refractivity contribution in [1.82, 2.24) is 10.2 Å². The summed E-state index contributed by atoms with van der Waals surface area (Å²) in [6, 6.07) is 20.2. The zero-order chi connectivity index (χ0) is 29.4. The van der Waals surface area contributed by atoms with Crippen LogP contribution in [0, 0.1) is 3.57 Å². The Balaban J connectivity index is 2.07. The zero-order valence-corrected chi connectivity index (χ0v) is 27.0. The van der Waals surface area contributed by atoms with E-state index in [-0.39, 0.29) is 24.9 Å². The zero-order valence-electron chi connectivity index (χ0n) is 22.5. The Hall–Kier alpha value is -2.34. The molecule has 3 aromatic rings.